The summed E-state index contributed by atoms with van der Waals surface area (Å²) in [4.78, 5) is 19.8. The van der Waals surface area contributed by atoms with Crippen LogP contribution in [-0.2, 0) is 6.54 Å². The van der Waals surface area contributed by atoms with Gasteiger partial charge in [-0.2, -0.15) is 0 Å². The first-order valence-corrected chi connectivity index (χ1v) is 10.2. The number of nitrogens with zero attached hydrogens (tertiary/aromatic N) is 2. The topological polar surface area (TPSA) is 69.1 Å². The lowest BCUT2D eigenvalue weighted by Gasteiger charge is -2.12. The van der Waals surface area contributed by atoms with Crippen LogP contribution in [0.25, 0.3) is 22.5 Å². The van der Waals surface area contributed by atoms with Crippen molar-refractivity contribution < 1.29 is 13.9 Å². The molecule has 32 heavy (non-hydrogen) atoms. The van der Waals surface area contributed by atoms with E-state index in [0.717, 1.165) is 5.56 Å². The number of aromatic nitrogens is 3. The summed E-state index contributed by atoms with van der Waals surface area (Å²) in [5.74, 6) is 0.828. The molecule has 0 aliphatic carbocycles. The molecule has 2 aromatic carbocycles. The van der Waals surface area contributed by atoms with E-state index in [4.69, 9.17) is 21.7 Å². The molecule has 4 aromatic rings. The molecule has 0 amide bonds. The number of aromatic amines is 1. The Labute approximate surface area is 188 Å². The highest BCUT2D eigenvalue weighted by molar-refractivity contribution is 7.71. The predicted molar refractivity (Wildman–Crippen MR) is 123 cm³/mol. The summed E-state index contributed by atoms with van der Waals surface area (Å²) < 4.78 is 26.7. The molecule has 0 saturated carbocycles. The van der Waals surface area contributed by atoms with Crippen LogP contribution in [0.15, 0.2) is 71.7 Å². The van der Waals surface area contributed by atoms with Gasteiger partial charge in [-0.05, 0) is 54.2 Å². The third kappa shape index (κ3) is 4.45. The van der Waals surface area contributed by atoms with Gasteiger partial charge >= 0.3 is 0 Å². The number of pyridine rings is 1. The monoisotopic (exact) mass is 449 g/mol. The fraction of sp³-hybridized carbons (Fsp3) is 0.125. The highest BCUT2D eigenvalue weighted by Crippen LogP contribution is 2.28. The Bertz CT molecular complexity index is 1400. The molecule has 6 nitrogen and oxygen atoms in total. The zero-order valence-corrected chi connectivity index (χ0v) is 18.3. The highest BCUT2D eigenvalue weighted by Gasteiger charge is 2.11. The van der Waals surface area contributed by atoms with Crippen molar-refractivity contribution in [1.82, 2.24) is 14.5 Å². The van der Waals surface area contributed by atoms with Gasteiger partial charge < -0.3 is 19.0 Å². The Morgan fingerprint density at radius 1 is 1.03 bits per heavy atom. The molecule has 0 radical (unpaired) electrons. The fourth-order valence-electron chi connectivity index (χ4n) is 3.41. The second kappa shape index (κ2) is 9.15. The second-order valence-corrected chi connectivity index (χ2v) is 7.43. The van der Waals surface area contributed by atoms with Gasteiger partial charge in [0, 0.05) is 23.4 Å². The van der Waals surface area contributed by atoms with Crippen molar-refractivity contribution in [1.29, 1.82) is 0 Å². The number of methoxy groups -OCH3 is 2. The van der Waals surface area contributed by atoms with Gasteiger partial charge in [0.25, 0.3) is 5.56 Å². The van der Waals surface area contributed by atoms with E-state index in [2.05, 4.69) is 9.97 Å². The Hall–Kier alpha value is -3.78. The molecule has 0 spiro atoms. The van der Waals surface area contributed by atoms with Gasteiger partial charge in [-0.25, -0.2) is 9.37 Å². The lowest BCUT2D eigenvalue weighted by molar-refractivity contribution is 0.354. The summed E-state index contributed by atoms with van der Waals surface area (Å²) in [7, 11) is 3.13. The minimum atomic E-state index is -0.367. The average molecular weight is 450 g/mol. The van der Waals surface area contributed by atoms with Gasteiger partial charge in [0.2, 0.25) is 0 Å². The van der Waals surface area contributed by atoms with Crippen LogP contribution < -0.4 is 15.0 Å². The zero-order chi connectivity index (χ0) is 22.7. The molecule has 2 heterocycles. The van der Waals surface area contributed by atoms with Gasteiger partial charge in [0.15, 0.2) is 16.3 Å². The van der Waals surface area contributed by atoms with Gasteiger partial charge in [-0.3, -0.25) is 4.79 Å². The molecular formula is C24H20FN3O3S. The molecule has 1 N–H and O–H groups in total. The lowest BCUT2D eigenvalue weighted by Crippen LogP contribution is -2.19. The second-order valence-electron chi connectivity index (χ2n) is 7.04. The molecule has 0 bridgehead atoms. The number of halogens is 1. The molecule has 0 aliphatic rings. The van der Waals surface area contributed by atoms with E-state index >= 15 is 0 Å². The average Bonchev–Trinajstić information content (AvgIpc) is 2.80. The molecule has 8 heteroatoms. The largest absolute Gasteiger partial charge is 0.493 e. The standard InChI is InChI=1S/C24H20FN3O3S/c1-30-21-9-7-15(11-22(21)31-2)13-28-14-16(8-10-23(28)29)19-12-20(27-24(32)26-19)17-5-3-4-6-18(17)25/h3-12,14H,13H2,1-2H3,(H,26,27,32). The number of benzene rings is 2. The first kappa shape index (κ1) is 21.5. The van der Waals surface area contributed by atoms with Crippen LogP contribution in [0.5, 0.6) is 11.5 Å². The van der Waals surface area contributed by atoms with Crippen LogP contribution in [0.1, 0.15) is 5.56 Å². The van der Waals surface area contributed by atoms with Crippen LogP contribution >= 0.6 is 12.2 Å². The van der Waals surface area contributed by atoms with Crippen LogP contribution in [0.2, 0.25) is 0 Å². The third-order valence-electron chi connectivity index (χ3n) is 4.99. The Kier molecular flexibility index (Phi) is 6.13. The Morgan fingerprint density at radius 3 is 2.56 bits per heavy atom. The maximum atomic E-state index is 14.3. The molecule has 0 atom stereocenters. The van der Waals surface area contributed by atoms with E-state index in [1.807, 2.05) is 12.1 Å². The summed E-state index contributed by atoms with van der Waals surface area (Å²) in [5, 5.41) is 0. The summed E-state index contributed by atoms with van der Waals surface area (Å²) in [6.45, 7) is 0.326. The van der Waals surface area contributed by atoms with Gasteiger partial charge in [0.1, 0.15) is 5.82 Å². The number of rotatable bonds is 6. The molecule has 0 saturated heterocycles. The zero-order valence-electron chi connectivity index (χ0n) is 17.5. The van der Waals surface area contributed by atoms with Crippen molar-refractivity contribution in [3.05, 3.63) is 93.4 Å². The van der Waals surface area contributed by atoms with Crippen molar-refractivity contribution in [3.8, 4) is 34.0 Å². The molecule has 4 rings (SSSR count). The molecule has 0 fully saturated rings. The molecule has 0 aliphatic heterocycles. The SMILES string of the molecule is COc1ccc(Cn2cc(-c3cc(-c4ccccc4F)[nH]c(=S)n3)ccc2=O)cc1OC. The third-order valence-corrected chi connectivity index (χ3v) is 5.18. The minimum absolute atomic E-state index is 0.168. The van der Waals surface area contributed by atoms with Gasteiger partial charge in [-0.1, -0.05) is 18.2 Å². The maximum absolute atomic E-state index is 14.3. The van der Waals surface area contributed by atoms with Crippen molar-refractivity contribution in [2.24, 2.45) is 0 Å². The van der Waals surface area contributed by atoms with E-state index < -0.39 is 0 Å². The summed E-state index contributed by atoms with van der Waals surface area (Å²) >= 11 is 5.26. The van der Waals surface area contributed by atoms with Crippen LogP contribution in [0.3, 0.4) is 0 Å². The number of hydrogen-bond donors (Lipinski definition) is 1. The molecule has 2 aromatic heterocycles. The van der Waals surface area contributed by atoms with Crippen molar-refractivity contribution >= 4 is 12.2 Å². The van der Waals surface area contributed by atoms with Crippen LogP contribution in [0.4, 0.5) is 4.39 Å². The van der Waals surface area contributed by atoms with E-state index in [-0.39, 0.29) is 16.1 Å². The van der Waals surface area contributed by atoms with Crippen LogP contribution in [-0.4, -0.2) is 28.8 Å². The smallest absolute Gasteiger partial charge is 0.250 e. The first-order valence-electron chi connectivity index (χ1n) is 9.76. The first-order chi connectivity index (χ1) is 15.5. The summed E-state index contributed by atoms with van der Waals surface area (Å²) in [5.41, 5.74) is 2.82. The van der Waals surface area contributed by atoms with Gasteiger partial charge in [0.05, 0.1) is 32.2 Å². The van der Waals surface area contributed by atoms with Crippen molar-refractivity contribution in [2.45, 2.75) is 6.54 Å². The number of nitrogens with one attached hydrogen (secondary N) is 1. The van der Waals surface area contributed by atoms with E-state index in [1.54, 1.807) is 61.4 Å². The molecule has 0 unspecified atom stereocenters. The quantitative estimate of drug-likeness (QED) is 0.427. The summed E-state index contributed by atoms with van der Waals surface area (Å²) in [6.07, 6.45) is 1.71. The predicted octanol–water partition coefficient (Wildman–Crippen LogP) is 4.84. The number of hydrogen-bond acceptors (Lipinski definition) is 5. The molecular weight excluding hydrogens is 429 g/mol. The van der Waals surface area contributed by atoms with E-state index in [9.17, 15) is 9.18 Å². The Balaban J connectivity index is 1.73. The van der Waals surface area contributed by atoms with E-state index in [1.165, 1.54) is 12.1 Å². The summed E-state index contributed by atoms with van der Waals surface area (Å²) in [6, 6.07) is 16.8. The Morgan fingerprint density at radius 2 is 1.81 bits per heavy atom. The maximum Gasteiger partial charge on any atom is 0.250 e. The van der Waals surface area contributed by atoms with Crippen molar-refractivity contribution in [2.75, 3.05) is 14.2 Å². The molecule has 162 valence electrons. The van der Waals surface area contributed by atoms with Crippen LogP contribution in [0, 0.1) is 10.6 Å². The van der Waals surface area contributed by atoms with E-state index in [0.29, 0.717) is 40.6 Å². The van der Waals surface area contributed by atoms with Gasteiger partial charge in [-0.15, -0.1) is 0 Å². The normalized spacial score (nSPS) is 10.7. The fourth-order valence-corrected chi connectivity index (χ4v) is 3.62. The highest BCUT2D eigenvalue weighted by atomic mass is 32.1. The number of H-pyrrole nitrogens is 1. The lowest BCUT2D eigenvalue weighted by atomic mass is 10.1. The number of ether oxygens (including phenoxy) is 2. The van der Waals surface area contributed by atoms with Crippen molar-refractivity contribution in [3.63, 3.8) is 0 Å². The minimum Gasteiger partial charge on any atom is -0.493 e.